The Balaban J connectivity index is 4.25. The van der Waals surface area contributed by atoms with Crippen molar-refractivity contribution in [3.05, 3.63) is 0 Å². The van der Waals surface area contributed by atoms with E-state index in [1.807, 2.05) is 0 Å². The van der Waals surface area contributed by atoms with Crippen LogP contribution in [0.5, 0.6) is 0 Å². The number of nitrogens with zero attached hydrogens (tertiary/aromatic N) is 2. The largest absolute Gasteiger partial charge is 0.469 e. The number of rotatable bonds is 13. The second-order valence-electron chi connectivity index (χ2n) is 5.77. The highest BCUT2D eigenvalue weighted by atomic mass is 31.2. The van der Waals surface area contributed by atoms with Gasteiger partial charge in [-0.25, -0.2) is 4.67 Å². The molecule has 0 heterocycles. The summed E-state index contributed by atoms with van der Waals surface area (Å²) >= 11 is 0. The summed E-state index contributed by atoms with van der Waals surface area (Å²) in [4.78, 5) is 11.0. The normalized spacial score (nSPS) is 12.7. The number of unbranched alkanes of at least 4 members (excludes halogenated alkanes) is 2. The lowest BCUT2D eigenvalue weighted by Crippen LogP contribution is -2.33. The Kier molecular flexibility index (Phi) is 13.3. The van der Waals surface area contributed by atoms with Gasteiger partial charge in [0.25, 0.3) is 8.53 Å². The number of carbonyl (C=O) groups excluding carboxylic acids is 1. The average Bonchev–Trinajstić information content (AvgIpc) is 2.49. The fourth-order valence-corrected chi connectivity index (χ4v) is 3.73. The smallest absolute Gasteiger partial charge is 0.305 e. The fourth-order valence-electron chi connectivity index (χ4n) is 2.11. The minimum Gasteiger partial charge on any atom is -0.469 e. The van der Waals surface area contributed by atoms with E-state index in [1.165, 1.54) is 7.11 Å². The zero-order valence-corrected chi connectivity index (χ0v) is 16.0. The van der Waals surface area contributed by atoms with Gasteiger partial charge in [0.1, 0.15) is 0 Å². The highest BCUT2D eigenvalue weighted by molar-refractivity contribution is 7.44. The molecule has 6 nitrogen and oxygen atoms in total. The first kappa shape index (κ1) is 22.3. The Hall–Kier alpha value is -0.730. The summed E-state index contributed by atoms with van der Waals surface area (Å²) in [6, 6.07) is 2.70. The molecule has 1 atom stereocenters. The fraction of sp³-hybridized carbons (Fsp3) is 0.875. The van der Waals surface area contributed by atoms with Crippen molar-refractivity contribution in [1.29, 1.82) is 5.26 Å². The molecule has 0 aliphatic rings. The number of hydrogen-bond acceptors (Lipinski definition) is 6. The van der Waals surface area contributed by atoms with E-state index in [9.17, 15) is 4.79 Å². The van der Waals surface area contributed by atoms with Gasteiger partial charge in [-0.15, -0.1) is 0 Å². The van der Waals surface area contributed by atoms with Crippen LogP contribution in [-0.2, 0) is 18.6 Å². The molecular weight excluding hydrogens is 315 g/mol. The minimum atomic E-state index is -1.16. The molecule has 0 aromatic heterocycles. The molecule has 0 fully saturated rings. The second kappa shape index (κ2) is 13.7. The highest BCUT2D eigenvalue weighted by Crippen LogP contribution is 2.46. The van der Waals surface area contributed by atoms with Gasteiger partial charge >= 0.3 is 5.97 Å². The Bertz CT molecular complexity index is 350. The first-order chi connectivity index (χ1) is 10.9. The molecule has 0 aliphatic carbocycles. The van der Waals surface area contributed by atoms with Crippen LogP contribution in [0.4, 0.5) is 0 Å². The van der Waals surface area contributed by atoms with Gasteiger partial charge < -0.3 is 13.8 Å². The summed E-state index contributed by atoms with van der Waals surface area (Å²) < 4.78 is 18.6. The molecule has 0 saturated carbocycles. The average molecular weight is 346 g/mol. The van der Waals surface area contributed by atoms with Crippen LogP contribution in [0.25, 0.3) is 0 Å². The second-order valence-corrected chi connectivity index (χ2v) is 7.22. The lowest BCUT2D eigenvalue weighted by Gasteiger charge is -2.35. The van der Waals surface area contributed by atoms with Crippen molar-refractivity contribution in [2.45, 2.75) is 71.9 Å². The Labute approximate surface area is 142 Å². The lowest BCUT2D eigenvalue weighted by molar-refractivity contribution is -0.140. The van der Waals surface area contributed by atoms with Crippen LogP contribution in [0.15, 0.2) is 0 Å². The van der Waals surface area contributed by atoms with Gasteiger partial charge in [0.15, 0.2) is 0 Å². The highest BCUT2D eigenvalue weighted by Gasteiger charge is 2.26. The predicted molar refractivity (Wildman–Crippen MR) is 91.6 cm³/mol. The van der Waals surface area contributed by atoms with E-state index in [1.54, 1.807) is 0 Å². The van der Waals surface area contributed by atoms with E-state index in [0.29, 0.717) is 38.1 Å². The molecule has 0 rings (SSSR count). The molecule has 0 saturated heterocycles. The Morgan fingerprint density at radius 3 is 2.22 bits per heavy atom. The van der Waals surface area contributed by atoms with Gasteiger partial charge in [0, 0.05) is 18.5 Å². The third kappa shape index (κ3) is 10.6. The molecule has 0 amide bonds. The summed E-state index contributed by atoms with van der Waals surface area (Å²) in [7, 11) is 0.246. The first-order valence-electron chi connectivity index (χ1n) is 8.22. The van der Waals surface area contributed by atoms with Gasteiger partial charge in [0.05, 0.1) is 32.8 Å². The Morgan fingerprint density at radius 2 is 1.70 bits per heavy atom. The van der Waals surface area contributed by atoms with Crippen LogP contribution in [0.1, 0.15) is 59.8 Å². The molecule has 134 valence electrons. The van der Waals surface area contributed by atoms with E-state index < -0.39 is 8.53 Å². The SMILES string of the molecule is COC(=O)CCCCCOP(OCCC#N)N(C(C)C)C(C)C. The number of hydrogen-bond donors (Lipinski definition) is 0. The quantitative estimate of drug-likeness (QED) is 0.285. The molecule has 23 heavy (non-hydrogen) atoms. The third-order valence-electron chi connectivity index (χ3n) is 3.12. The predicted octanol–water partition coefficient (Wildman–Crippen LogP) is 4.01. The van der Waals surface area contributed by atoms with Crippen LogP contribution in [0.2, 0.25) is 0 Å². The summed E-state index contributed by atoms with van der Waals surface area (Å²) in [6.45, 7) is 9.44. The van der Waals surface area contributed by atoms with Crippen LogP contribution < -0.4 is 0 Å². The molecule has 0 spiro atoms. The lowest BCUT2D eigenvalue weighted by atomic mass is 10.2. The van der Waals surface area contributed by atoms with E-state index in [-0.39, 0.29) is 5.97 Å². The molecule has 1 unspecified atom stereocenters. The van der Waals surface area contributed by atoms with Crippen LogP contribution >= 0.6 is 8.53 Å². The maximum absolute atomic E-state index is 11.0. The molecule has 0 bridgehead atoms. The summed E-state index contributed by atoms with van der Waals surface area (Å²) in [5.41, 5.74) is 0. The van der Waals surface area contributed by atoms with Crippen molar-refractivity contribution in [3.8, 4) is 6.07 Å². The maximum Gasteiger partial charge on any atom is 0.305 e. The number of nitriles is 1. The third-order valence-corrected chi connectivity index (χ3v) is 5.22. The zero-order valence-electron chi connectivity index (χ0n) is 15.1. The maximum atomic E-state index is 11.0. The van der Waals surface area contributed by atoms with Crippen LogP contribution in [0, 0.1) is 11.3 Å². The Morgan fingerprint density at radius 1 is 1.09 bits per heavy atom. The van der Waals surface area contributed by atoms with Crippen molar-refractivity contribution >= 4 is 14.5 Å². The monoisotopic (exact) mass is 346 g/mol. The molecule has 0 N–H and O–H groups in total. The van der Waals surface area contributed by atoms with E-state index >= 15 is 0 Å². The summed E-state index contributed by atoms with van der Waals surface area (Å²) in [5.74, 6) is -0.168. The summed E-state index contributed by atoms with van der Waals surface area (Å²) in [6.07, 6.45) is 3.42. The van der Waals surface area contributed by atoms with Gasteiger partial charge in [-0.3, -0.25) is 4.79 Å². The molecule has 7 heteroatoms. The van der Waals surface area contributed by atoms with E-state index in [0.717, 1.165) is 19.3 Å². The first-order valence-corrected chi connectivity index (χ1v) is 9.35. The number of methoxy groups -OCH3 is 1. The van der Waals surface area contributed by atoms with Gasteiger partial charge in [-0.2, -0.15) is 5.26 Å². The van der Waals surface area contributed by atoms with Gasteiger partial charge in [0.2, 0.25) is 0 Å². The van der Waals surface area contributed by atoms with Crippen molar-refractivity contribution in [2.24, 2.45) is 0 Å². The topological polar surface area (TPSA) is 71.8 Å². The summed E-state index contributed by atoms with van der Waals surface area (Å²) in [5, 5.41) is 8.66. The van der Waals surface area contributed by atoms with Crippen molar-refractivity contribution in [2.75, 3.05) is 20.3 Å². The number of carbonyl (C=O) groups is 1. The number of esters is 1. The van der Waals surface area contributed by atoms with Crippen LogP contribution in [-0.4, -0.2) is 43.0 Å². The van der Waals surface area contributed by atoms with Crippen molar-refractivity contribution < 1.29 is 18.6 Å². The van der Waals surface area contributed by atoms with Crippen LogP contribution in [0.3, 0.4) is 0 Å². The van der Waals surface area contributed by atoms with Crippen molar-refractivity contribution in [1.82, 2.24) is 4.67 Å². The van der Waals surface area contributed by atoms with Gasteiger partial charge in [-0.05, 0) is 40.5 Å². The molecule has 0 radical (unpaired) electrons. The van der Waals surface area contributed by atoms with E-state index in [2.05, 4.69) is 43.2 Å². The standard InChI is InChI=1S/C16H31N2O4P/c1-14(2)18(15(3)4)23(22-13-9-11-17)21-12-8-6-7-10-16(19)20-5/h14-15H,6-10,12-13H2,1-5H3. The van der Waals surface area contributed by atoms with Gasteiger partial charge in [-0.1, -0.05) is 6.42 Å². The molecule has 0 aliphatic heterocycles. The molecule has 0 aromatic carbocycles. The molecular formula is C16H31N2O4P. The van der Waals surface area contributed by atoms with Crippen molar-refractivity contribution in [3.63, 3.8) is 0 Å². The van der Waals surface area contributed by atoms with E-state index in [4.69, 9.17) is 14.3 Å². The molecule has 0 aromatic rings. The minimum absolute atomic E-state index is 0.168. The zero-order chi connectivity index (χ0) is 17.7. The number of ether oxygens (including phenoxy) is 1.